The molecule has 1 aromatic heterocycles. The molecule has 1 heterocycles. The second kappa shape index (κ2) is 5.44. The third kappa shape index (κ3) is 2.68. The first-order chi connectivity index (χ1) is 10.1. The van der Waals surface area contributed by atoms with Crippen LogP contribution in [0.4, 0.5) is 0 Å². The number of aromatic hydroxyl groups is 1. The number of aryl methyl sites for hydroxylation is 1. The second-order valence-electron chi connectivity index (χ2n) is 5.13. The van der Waals surface area contributed by atoms with E-state index < -0.39 is 0 Å². The molecule has 0 aliphatic carbocycles. The minimum absolute atomic E-state index is 0.253. The SMILES string of the molecule is Cc1cc(COc2cccc(O)c2C)c2ccccc2n1. The van der Waals surface area contributed by atoms with E-state index in [-0.39, 0.29) is 5.75 Å². The van der Waals surface area contributed by atoms with Crippen LogP contribution in [-0.2, 0) is 6.61 Å². The standard InChI is InChI=1S/C18H17NO2/c1-12-10-14(15-6-3-4-7-16(15)19-12)11-21-18-9-5-8-17(20)13(18)2/h3-10,20H,11H2,1-2H3. The predicted octanol–water partition coefficient (Wildman–Crippen LogP) is 4.14. The average Bonchev–Trinajstić information content (AvgIpc) is 2.48. The van der Waals surface area contributed by atoms with Crippen LogP contribution >= 0.6 is 0 Å². The molecular formula is C18H17NO2. The normalized spacial score (nSPS) is 10.8. The summed E-state index contributed by atoms with van der Waals surface area (Å²) in [5.41, 5.74) is 3.80. The molecule has 2 aromatic carbocycles. The van der Waals surface area contributed by atoms with Crippen molar-refractivity contribution in [1.29, 1.82) is 0 Å². The van der Waals surface area contributed by atoms with E-state index in [1.807, 2.05) is 44.2 Å². The summed E-state index contributed by atoms with van der Waals surface area (Å²) in [5, 5.41) is 10.8. The van der Waals surface area contributed by atoms with Crippen molar-refractivity contribution >= 4 is 10.9 Å². The van der Waals surface area contributed by atoms with Crippen molar-refractivity contribution in [2.45, 2.75) is 20.5 Å². The number of ether oxygens (including phenoxy) is 1. The van der Waals surface area contributed by atoms with Gasteiger partial charge in [0.2, 0.25) is 0 Å². The van der Waals surface area contributed by atoms with E-state index in [0.717, 1.165) is 27.7 Å². The van der Waals surface area contributed by atoms with Crippen LogP contribution in [0.1, 0.15) is 16.8 Å². The van der Waals surface area contributed by atoms with Crippen molar-refractivity contribution in [2.75, 3.05) is 0 Å². The van der Waals surface area contributed by atoms with Gasteiger partial charge in [-0.1, -0.05) is 24.3 Å². The molecule has 0 saturated carbocycles. The Morgan fingerprint density at radius 3 is 2.71 bits per heavy atom. The Hall–Kier alpha value is -2.55. The first kappa shape index (κ1) is 13.4. The van der Waals surface area contributed by atoms with Crippen LogP contribution in [0.3, 0.4) is 0 Å². The molecule has 106 valence electrons. The van der Waals surface area contributed by atoms with Crippen LogP contribution in [-0.4, -0.2) is 10.1 Å². The summed E-state index contributed by atoms with van der Waals surface area (Å²) in [4.78, 5) is 4.53. The highest BCUT2D eigenvalue weighted by Gasteiger charge is 2.07. The van der Waals surface area contributed by atoms with Crippen molar-refractivity contribution in [3.8, 4) is 11.5 Å². The number of fused-ring (bicyclic) bond motifs is 1. The van der Waals surface area contributed by atoms with E-state index in [9.17, 15) is 5.11 Å². The second-order valence-corrected chi connectivity index (χ2v) is 5.13. The zero-order chi connectivity index (χ0) is 14.8. The Balaban J connectivity index is 1.93. The van der Waals surface area contributed by atoms with Crippen molar-refractivity contribution in [3.05, 3.63) is 65.4 Å². The van der Waals surface area contributed by atoms with Gasteiger partial charge < -0.3 is 9.84 Å². The van der Waals surface area contributed by atoms with Crippen LogP contribution in [0.15, 0.2) is 48.5 Å². The van der Waals surface area contributed by atoms with E-state index in [1.54, 1.807) is 12.1 Å². The Morgan fingerprint density at radius 1 is 1.05 bits per heavy atom. The fourth-order valence-corrected chi connectivity index (χ4v) is 2.43. The Kier molecular flexibility index (Phi) is 3.48. The van der Waals surface area contributed by atoms with Gasteiger partial charge in [-0.2, -0.15) is 0 Å². The van der Waals surface area contributed by atoms with Gasteiger partial charge in [0.15, 0.2) is 0 Å². The number of aromatic nitrogens is 1. The predicted molar refractivity (Wildman–Crippen MR) is 83.7 cm³/mol. The van der Waals surface area contributed by atoms with Gasteiger partial charge >= 0.3 is 0 Å². The quantitative estimate of drug-likeness (QED) is 0.783. The molecule has 0 saturated heterocycles. The Bertz CT molecular complexity index is 796. The van der Waals surface area contributed by atoms with Gasteiger partial charge in [0.05, 0.1) is 5.52 Å². The van der Waals surface area contributed by atoms with Crippen molar-refractivity contribution in [2.24, 2.45) is 0 Å². The topological polar surface area (TPSA) is 42.4 Å². The molecule has 3 heteroatoms. The molecule has 0 unspecified atom stereocenters. The molecule has 0 spiro atoms. The summed E-state index contributed by atoms with van der Waals surface area (Å²) in [6, 6.07) is 15.4. The van der Waals surface area contributed by atoms with E-state index in [2.05, 4.69) is 11.1 Å². The van der Waals surface area contributed by atoms with Crippen LogP contribution < -0.4 is 4.74 Å². The number of phenolic OH excluding ortho intramolecular Hbond substituents is 1. The number of benzene rings is 2. The maximum Gasteiger partial charge on any atom is 0.126 e. The summed E-state index contributed by atoms with van der Waals surface area (Å²) in [6.07, 6.45) is 0. The number of pyridine rings is 1. The maximum atomic E-state index is 9.72. The number of rotatable bonds is 3. The van der Waals surface area contributed by atoms with Crippen LogP contribution in [0.25, 0.3) is 10.9 Å². The van der Waals surface area contributed by atoms with Gasteiger partial charge in [-0.15, -0.1) is 0 Å². The summed E-state index contributed by atoms with van der Waals surface area (Å²) in [6.45, 7) is 4.28. The summed E-state index contributed by atoms with van der Waals surface area (Å²) < 4.78 is 5.88. The highest BCUT2D eigenvalue weighted by Crippen LogP contribution is 2.27. The smallest absolute Gasteiger partial charge is 0.126 e. The molecule has 0 fully saturated rings. The molecule has 3 aromatic rings. The first-order valence-corrected chi connectivity index (χ1v) is 6.92. The molecule has 3 rings (SSSR count). The van der Waals surface area contributed by atoms with E-state index >= 15 is 0 Å². The number of nitrogens with zero attached hydrogens (tertiary/aromatic N) is 1. The number of hydrogen-bond acceptors (Lipinski definition) is 3. The molecule has 0 bridgehead atoms. The number of para-hydroxylation sites is 1. The van der Waals surface area contributed by atoms with Gasteiger partial charge in [-0.05, 0) is 38.1 Å². The van der Waals surface area contributed by atoms with Crippen molar-refractivity contribution in [3.63, 3.8) is 0 Å². The van der Waals surface area contributed by atoms with E-state index in [0.29, 0.717) is 12.4 Å². The molecule has 0 amide bonds. The minimum atomic E-state index is 0.253. The summed E-state index contributed by atoms with van der Waals surface area (Å²) >= 11 is 0. The van der Waals surface area contributed by atoms with Crippen LogP contribution in [0, 0.1) is 13.8 Å². The Morgan fingerprint density at radius 2 is 1.86 bits per heavy atom. The summed E-state index contributed by atoms with van der Waals surface area (Å²) in [7, 11) is 0. The molecule has 21 heavy (non-hydrogen) atoms. The van der Waals surface area contributed by atoms with E-state index in [1.165, 1.54) is 0 Å². The largest absolute Gasteiger partial charge is 0.508 e. The monoisotopic (exact) mass is 279 g/mol. The fourth-order valence-electron chi connectivity index (χ4n) is 2.43. The molecule has 3 nitrogen and oxygen atoms in total. The molecular weight excluding hydrogens is 262 g/mol. The zero-order valence-corrected chi connectivity index (χ0v) is 12.1. The van der Waals surface area contributed by atoms with Crippen LogP contribution in [0.2, 0.25) is 0 Å². The Labute approximate surface area is 123 Å². The molecule has 0 aliphatic heterocycles. The lowest BCUT2D eigenvalue weighted by Gasteiger charge is -2.12. The number of hydrogen-bond donors (Lipinski definition) is 1. The van der Waals surface area contributed by atoms with Gasteiger partial charge in [0.1, 0.15) is 18.1 Å². The fraction of sp³-hybridized carbons (Fsp3) is 0.167. The number of phenols is 1. The third-order valence-corrected chi connectivity index (χ3v) is 3.57. The zero-order valence-electron chi connectivity index (χ0n) is 12.1. The highest BCUT2D eigenvalue weighted by molar-refractivity contribution is 5.82. The molecule has 0 atom stereocenters. The minimum Gasteiger partial charge on any atom is -0.508 e. The van der Waals surface area contributed by atoms with Gasteiger partial charge in [-0.25, -0.2) is 0 Å². The third-order valence-electron chi connectivity index (χ3n) is 3.57. The average molecular weight is 279 g/mol. The maximum absolute atomic E-state index is 9.72. The first-order valence-electron chi connectivity index (χ1n) is 6.92. The van der Waals surface area contributed by atoms with Gasteiger partial charge in [0.25, 0.3) is 0 Å². The summed E-state index contributed by atoms with van der Waals surface area (Å²) in [5.74, 6) is 0.955. The lowest BCUT2D eigenvalue weighted by molar-refractivity contribution is 0.303. The van der Waals surface area contributed by atoms with Crippen molar-refractivity contribution in [1.82, 2.24) is 4.98 Å². The highest BCUT2D eigenvalue weighted by atomic mass is 16.5. The molecule has 1 N–H and O–H groups in total. The van der Waals surface area contributed by atoms with E-state index in [4.69, 9.17) is 4.74 Å². The van der Waals surface area contributed by atoms with Crippen molar-refractivity contribution < 1.29 is 9.84 Å². The molecule has 0 radical (unpaired) electrons. The lowest BCUT2D eigenvalue weighted by Crippen LogP contribution is -2.00. The van der Waals surface area contributed by atoms with Gasteiger partial charge in [-0.3, -0.25) is 4.98 Å². The lowest BCUT2D eigenvalue weighted by atomic mass is 10.1. The van der Waals surface area contributed by atoms with Gasteiger partial charge in [0, 0.05) is 22.2 Å². The molecule has 0 aliphatic rings. The van der Waals surface area contributed by atoms with Crippen LogP contribution in [0.5, 0.6) is 11.5 Å².